The van der Waals surface area contributed by atoms with E-state index in [1.807, 2.05) is 13.8 Å². The number of carbonyl (C=O) groups is 1. The Balaban J connectivity index is 2.47. The molecule has 0 saturated heterocycles. The lowest BCUT2D eigenvalue weighted by Gasteiger charge is -2.23. The molecule has 1 rings (SSSR count). The summed E-state index contributed by atoms with van der Waals surface area (Å²) >= 11 is 0. The zero-order valence-corrected chi connectivity index (χ0v) is 11.5. The summed E-state index contributed by atoms with van der Waals surface area (Å²) in [5.74, 6) is -0.442. The quantitative estimate of drug-likeness (QED) is 0.727. The van der Waals surface area contributed by atoms with Gasteiger partial charge in [0.25, 0.3) is 0 Å². The lowest BCUT2D eigenvalue weighted by atomic mass is 9.92. The van der Waals surface area contributed by atoms with Crippen LogP contribution < -0.4 is 10.6 Å². The first-order valence-corrected chi connectivity index (χ1v) is 6.23. The average Bonchev–Trinajstić information content (AvgIpc) is 2.37. The number of hydrogen-bond donors (Lipinski definition) is 3. The summed E-state index contributed by atoms with van der Waals surface area (Å²) in [6.07, 6.45) is -0.795. The van der Waals surface area contributed by atoms with E-state index < -0.39 is 11.5 Å². The first-order chi connectivity index (χ1) is 8.86. The smallest absolute Gasteiger partial charge is 0.226 e. The van der Waals surface area contributed by atoms with Gasteiger partial charge in [-0.1, -0.05) is 12.1 Å². The molecule has 1 unspecified atom stereocenters. The predicted molar refractivity (Wildman–Crippen MR) is 72.1 cm³/mol. The molecular formula is C14H21FN2O2. The minimum atomic E-state index is -0.795. The van der Waals surface area contributed by atoms with Crippen molar-refractivity contribution in [2.75, 3.05) is 20.1 Å². The highest BCUT2D eigenvalue weighted by Crippen LogP contribution is 2.15. The van der Waals surface area contributed by atoms with E-state index in [0.717, 1.165) is 0 Å². The van der Waals surface area contributed by atoms with E-state index in [9.17, 15) is 14.3 Å². The molecule has 1 aromatic rings. The fourth-order valence-electron chi connectivity index (χ4n) is 1.77. The number of hydrogen-bond acceptors (Lipinski definition) is 3. The third-order valence-electron chi connectivity index (χ3n) is 2.98. The number of carbonyl (C=O) groups excluding carboxylic acids is 1. The van der Waals surface area contributed by atoms with Crippen LogP contribution in [0.4, 0.5) is 4.39 Å². The van der Waals surface area contributed by atoms with Crippen LogP contribution in [0.5, 0.6) is 0 Å². The van der Waals surface area contributed by atoms with Crippen LogP contribution in [0.2, 0.25) is 0 Å². The van der Waals surface area contributed by atoms with E-state index >= 15 is 0 Å². The molecule has 1 amide bonds. The van der Waals surface area contributed by atoms with Crippen LogP contribution >= 0.6 is 0 Å². The fourth-order valence-corrected chi connectivity index (χ4v) is 1.77. The molecule has 5 heteroatoms. The molecule has 0 aliphatic carbocycles. The number of halogens is 1. The Labute approximate surface area is 113 Å². The minimum absolute atomic E-state index is 0.0692. The molecule has 0 aliphatic rings. The third-order valence-corrected chi connectivity index (χ3v) is 2.98. The summed E-state index contributed by atoms with van der Waals surface area (Å²) in [7, 11) is 1.59. The standard InChI is InChI=1S/C14H21FN2O2/c1-14(2,13(19)16-3)9-17-8-12(18)10-5-4-6-11(15)7-10/h4-7,12,17-18H,8-9H2,1-3H3,(H,16,19). The van der Waals surface area contributed by atoms with Crippen molar-refractivity contribution < 1.29 is 14.3 Å². The molecule has 0 spiro atoms. The van der Waals surface area contributed by atoms with Crippen molar-refractivity contribution in [3.63, 3.8) is 0 Å². The van der Waals surface area contributed by atoms with Gasteiger partial charge in [-0.2, -0.15) is 0 Å². The van der Waals surface area contributed by atoms with Crippen molar-refractivity contribution in [3.8, 4) is 0 Å². The van der Waals surface area contributed by atoms with Crippen molar-refractivity contribution in [3.05, 3.63) is 35.6 Å². The SMILES string of the molecule is CNC(=O)C(C)(C)CNCC(O)c1cccc(F)c1. The lowest BCUT2D eigenvalue weighted by molar-refractivity contribution is -0.128. The van der Waals surface area contributed by atoms with Crippen molar-refractivity contribution >= 4 is 5.91 Å². The van der Waals surface area contributed by atoms with Gasteiger partial charge in [-0.3, -0.25) is 4.79 Å². The Bertz CT molecular complexity index is 435. The first-order valence-electron chi connectivity index (χ1n) is 6.23. The maximum Gasteiger partial charge on any atom is 0.226 e. The van der Waals surface area contributed by atoms with Gasteiger partial charge in [0, 0.05) is 20.1 Å². The molecule has 0 fully saturated rings. The second-order valence-corrected chi connectivity index (χ2v) is 5.16. The summed E-state index contributed by atoms with van der Waals surface area (Å²) in [5, 5.41) is 15.5. The number of nitrogens with one attached hydrogen (secondary N) is 2. The normalized spacial score (nSPS) is 13.1. The van der Waals surface area contributed by atoms with E-state index in [1.165, 1.54) is 12.1 Å². The van der Waals surface area contributed by atoms with Gasteiger partial charge in [-0.25, -0.2) is 4.39 Å². The van der Waals surface area contributed by atoms with E-state index in [4.69, 9.17) is 0 Å². The van der Waals surface area contributed by atoms with E-state index in [-0.39, 0.29) is 18.3 Å². The number of amides is 1. The molecule has 0 bridgehead atoms. The molecule has 0 radical (unpaired) electrons. The number of aliphatic hydroxyl groups is 1. The minimum Gasteiger partial charge on any atom is -0.387 e. The maximum atomic E-state index is 13.0. The lowest BCUT2D eigenvalue weighted by Crippen LogP contribution is -2.42. The second-order valence-electron chi connectivity index (χ2n) is 5.16. The number of rotatable bonds is 6. The highest BCUT2D eigenvalue weighted by atomic mass is 19.1. The Morgan fingerprint density at radius 1 is 1.47 bits per heavy atom. The average molecular weight is 268 g/mol. The predicted octanol–water partition coefficient (Wildman–Crippen LogP) is 1.22. The van der Waals surface area contributed by atoms with Gasteiger partial charge in [-0.15, -0.1) is 0 Å². The van der Waals surface area contributed by atoms with Gasteiger partial charge in [0.05, 0.1) is 11.5 Å². The van der Waals surface area contributed by atoms with Crippen LogP contribution in [0, 0.1) is 11.2 Å². The molecule has 1 aromatic carbocycles. The Morgan fingerprint density at radius 2 is 2.16 bits per heavy atom. The molecule has 0 aliphatic heterocycles. The van der Waals surface area contributed by atoms with Crippen molar-refractivity contribution in [1.29, 1.82) is 0 Å². The van der Waals surface area contributed by atoms with Crippen LogP contribution in [0.25, 0.3) is 0 Å². The Kier molecular flexibility index (Phi) is 5.44. The van der Waals surface area contributed by atoms with E-state index in [0.29, 0.717) is 12.1 Å². The van der Waals surface area contributed by atoms with Crippen molar-refractivity contribution in [2.24, 2.45) is 5.41 Å². The van der Waals surface area contributed by atoms with Crippen LogP contribution in [0.1, 0.15) is 25.5 Å². The maximum absolute atomic E-state index is 13.0. The second kappa shape index (κ2) is 6.63. The highest BCUT2D eigenvalue weighted by Gasteiger charge is 2.26. The zero-order valence-electron chi connectivity index (χ0n) is 11.5. The van der Waals surface area contributed by atoms with Crippen molar-refractivity contribution in [2.45, 2.75) is 20.0 Å². The summed E-state index contributed by atoms with van der Waals surface area (Å²) in [4.78, 5) is 11.6. The first kappa shape index (κ1) is 15.6. The Hall–Kier alpha value is -1.46. The largest absolute Gasteiger partial charge is 0.387 e. The number of aliphatic hydroxyl groups excluding tert-OH is 1. The molecular weight excluding hydrogens is 247 g/mol. The monoisotopic (exact) mass is 268 g/mol. The molecule has 19 heavy (non-hydrogen) atoms. The van der Waals surface area contributed by atoms with E-state index in [1.54, 1.807) is 19.2 Å². The summed E-state index contributed by atoms with van der Waals surface area (Å²) in [6, 6.07) is 5.86. The highest BCUT2D eigenvalue weighted by molar-refractivity contribution is 5.81. The van der Waals surface area contributed by atoms with Crippen LogP contribution in [-0.4, -0.2) is 31.2 Å². The van der Waals surface area contributed by atoms with Gasteiger partial charge in [0.1, 0.15) is 5.82 Å². The van der Waals surface area contributed by atoms with Crippen LogP contribution in [0.15, 0.2) is 24.3 Å². The molecule has 4 nitrogen and oxygen atoms in total. The molecule has 0 saturated carbocycles. The van der Waals surface area contributed by atoms with Crippen molar-refractivity contribution in [1.82, 2.24) is 10.6 Å². The van der Waals surface area contributed by atoms with Gasteiger partial charge >= 0.3 is 0 Å². The van der Waals surface area contributed by atoms with Crippen LogP contribution in [-0.2, 0) is 4.79 Å². The van der Waals surface area contributed by atoms with Gasteiger partial charge in [-0.05, 0) is 31.5 Å². The molecule has 106 valence electrons. The molecule has 1 atom stereocenters. The summed E-state index contributed by atoms with van der Waals surface area (Å²) in [6.45, 7) is 4.32. The fraction of sp³-hybridized carbons (Fsp3) is 0.500. The summed E-state index contributed by atoms with van der Waals surface area (Å²) < 4.78 is 13.0. The Morgan fingerprint density at radius 3 is 2.74 bits per heavy atom. The number of benzene rings is 1. The molecule has 0 aromatic heterocycles. The van der Waals surface area contributed by atoms with Crippen LogP contribution in [0.3, 0.4) is 0 Å². The molecule has 0 heterocycles. The summed E-state index contributed by atoms with van der Waals surface area (Å²) in [5.41, 5.74) is -0.0404. The topological polar surface area (TPSA) is 61.4 Å². The van der Waals surface area contributed by atoms with E-state index in [2.05, 4.69) is 10.6 Å². The van der Waals surface area contributed by atoms with Gasteiger partial charge in [0.15, 0.2) is 0 Å². The van der Waals surface area contributed by atoms with Gasteiger partial charge < -0.3 is 15.7 Å². The molecule has 3 N–H and O–H groups in total. The third kappa shape index (κ3) is 4.61. The van der Waals surface area contributed by atoms with Gasteiger partial charge in [0.2, 0.25) is 5.91 Å². The zero-order chi connectivity index (χ0) is 14.5.